The Morgan fingerprint density at radius 3 is 2.61 bits per heavy atom. The van der Waals surface area contributed by atoms with Gasteiger partial charge >= 0.3 is 0 Å². The van der Waals surface area contributed by atoms with Crippen molar-refractivity contribution in [2.45, 2.75) is 0 Å². The number of amides is 2. The maximum Gasteiger partial charge on any atom is 0.260 e. The molecule has 128 valence electrons. The summed E-state index contributed by atoms with van der Waals surface area (Å²) < 4.78 is 18.9. The van der Waals surface area contributed by atoms with Crippen molar-refractivity contribution in [2.75, 3.05) is 46.9 Å². The van der Waals surface area contributed by atoms with Gasteiger partial charge in [-0.2, -0.15) is 0 Å². The van der Waals surface area contributed by atoms with Crippen molar-refractivity contribution in [1.29, 1.82) is 0 Å². The number of likely N-dealkylation sites (N-methyl/N-ethyl adjacent to an activating group) is 1. The van der Waals surface area contributed by atoms with Gasteiger partial charge in [0.2, 0.25) is 5.91 Å². The van der Waals surface area contributed by atoms with Gasteiger partial charge in [-0.1, -0.05) is 6.07 Å². The summed E-state index contributed by atoms with van der Waals surface area (Å²) in [5.41, 5.74) is -0.152. The Morgan fingerprint density at radius 2 is 2.00 bits per heavy atom. The zero-order chi connectivity index (χ0) is 16.1. The number of benzene rings is 1. The number of carbonyl (C=O) groups is 2. The molecule has 2 amide bonds. The number of carbonyl (C=O) groups excluding carboxylic acids is 2. The second-order valence-corrected chi connectivity index (χ2v) is 5.11. The Labute approximate surface area is 141 Å². The lowest BCUT2D eigenvalue weighted by atomic mass is 10.1. The van der Waals surface area contributed by atoms with E-state index < -0.39 is 11.7 Å². The molecule has 1 aromatic carbocycles. The molecule has 0 atom stereocenters. The van der Waals surface area contributed by atoms with Gasteiger partial charge in [-0.3, -0.25) is 9.59 Å². The third-order valence-corrected chi connectivity index (χ3v) is 3.60. The van der Waals surface area contributed by atoms with Gasteiger partial charge in [0.25, 0.3) is 5.91 Å². The highest BCUT2D eigenvalue weighted by Crippen LogP contribution is 2.22. The van der Waals surface area contributed by atoms with Gasteiger partial charge in [0.05, 0.1) is 13.7 Å². The Bertz CT molecular complexity index is 565. The van der Waals surface area contributed by atoms with Crippen LogP contribution in [0.4, 0.5) is 4.39 Å². The minimum atomic E-state index is -0.661. The maximum atomic E-state index is 13.9. The second-order valence-electron chi connectivity index (χ2n) is 5.11. The van der Waals surface area contributed by atoms with Crippen LogP contribution in [0, 0.1) is 5.82 Å². The third-order valence-electron chi connectivity index (χ3n) is 3.60. The van der Waals surface area contributed by atoms with Crippen molar-refractivity contribution in [3.05, 3.63) is 29.6 Å². The summed E-state index contributed by atoms with van der Waals surface area (Å²) in [6.07, 6.45) is 0. The molecule has 1 N–H and O–H groups in total. The van der Waals surface area contributed by atoms with E-state index in [1.165, 1.54) is 37.3 Å². The standard InChI is InChI=1S/C15H20FN3O3.ClH/c1-18(10-13(20)19-8-6-17-7-9-19)15(21)14-11(16)4-3-5-12(14)22-2;/h3-5,17H,6-10H2,1-2H3;1H. The molecule has 0 unspecified atom stereocenters. The third kappa shape index (κ3) is 4.56. The van der Waals surface area contributed by atoms with E-state index in [0.29, 0.717) is 13.1 Å². The van der Waals surface area contributed by atoms with Crippen LogP contribution in [0.3, 0.4) is 0 Å². The smallest absolute Gasteiger partial charge is 0.260 e. The molecule has 23 heavy (non-hydrogen) atoms. The van der Waals surface area contributed by atoms with Crippen LogP contribution in [0.1, 0.15) is 10.4 Å². The van der Waals surface area contributed by atoms with Crippen LogP contribution in [0.15, 0.2) is 18.2 Å². The lowest BCUT2D eigenvalue weighted by molar-refractivity contribution is -0.132. The first-order chi connectivity index (χ1) is 10.5. The molecule has 0 radical (unpaired) electrons. The van der Waals surface area contributed by atoms with Gasteiger partial charge in [-0.05, 0) is 12.1 Å². The highest BCUT2D eigenvalue weighted by molar-refractivity contribution is 5.98. The van der Waals surface area contributed by atoms with E-state index >= 15 is 0 Å². The summed E-state index contributed by atoms with van der Waals surface area (Å²) in [4.78, 5) is 27.5. The Morgan fingerprint density at radius 1 is 1.35 bits per heavy atom. The number of nitrogens with one attached hydrogen (secondary N) is 1. The minimum absolute atomic E-state index is 0. The lowest BCUT2D eigenvalue weighted by Gasteiger charge is -2.29. The topological polar surface area (TPSA) is 61.9 Å². The molecular weight excluding hydrogens is 325 g/mol. The number of rotatable bonds is 4. The summed E-state index contributed by atoms with van der Waals surface area (Å²) in [6.45, 7) is 2.62. The van der Waals surface area contributed by atoms with Gasteiger partial charge in [-0.15, -0.1) is 12.4 Å². The predicted octanol–water partition coefficient (Wildman–Crippen LogP) is 0.760. The fourth-order valence-corrected chi connectivity index (χ4v) is 2.36. The Balaban J connectivity index is 0.00000264. The number of halogens is 2. The first-order valence-corrected chi connectivity index (χ1v) is 7.11. The first kappa shape index (κ1) is 19.2. The number of nitrogens with zero attached hydrogens (tertiary/aromatic N) is 2. The van der Waals surface area contributed by atoms with Crippen LogP contribution in [-0.4, -0.2) is 68.5 Å². The minimum Gasteiger partial charge on any atom is -0.496 e. The van der Waals surface area contributed by atoms with Crippen molar-refractivity contribution in [3.63, 3.8) is 0 Å². The van der Waals surface area contributed by atoms with Gasteiger partial charge in [-0.25, -0.2) is 4.39 Å². The molecule has 0 aliphatic carbocycles. The van der Waals surface area contributed by atoms with Crippen LogP contribution < -0.4 is 10.1 Å². The number of methoxy groups -OCH3 is 1. The molecule has 8 heteroatoms. The summed E-state index contributed by atoms with van der Waals surface area (Å²) in [5, 5.41) is 3.15. The molecule has 0 spiro atoms. The highest BCUT2D eigenvalue weighted by Gasteiger charge is 2.24. The molecule has 6 nitrogen and oxygen atoms in total. The number of hydrogen-bond acceptors (Lipinski definition) is 4. The van der Waals surface area contributed by atoms with Crippen LogP contribution in [0.5, 0.6) is 5.75 Å². The number of ether oxygens (including phenoxy) is 1. The molecule has 0 saturated carbocycles. The molecule has 1 fully saturated rings. The molecular formula is C15H21ClFN3O3. The fraction of sp³-hybridized carbons (Fsp3) is 0.467. The normalized spacial score (nSPS) is 14.0. The molecule has 1 aliphatic heterocycles. The predicted molar refractivity (Wildman–Crippen MR) is 86.6 cm³/mol. The van der Waals surface area contributed by atoms with Crippen molar-refractivity contribution in [2.24, 2.45) is 0 Å². The van der Waals surface area contributed by atoms with Crippen LogP contribution in [0.25, 0.3) is 0 Å². The van der Waals surface area contributed by atoms with E-state index in [-0.39, 0.29) is 36.2 Å². The van der Waals surface area contributed by atoms with Crippen molar-refractivity contribution < 1.29 is 18.7 Å². The van der Waals surface area contributed by atoms with Gasteiger partial charge < -0.3 is 19.9 Å². The quantitative estimate of drug-likeness (QED) is 0.875. The van der Waals surface area contributed by atoms with Crippen LogP contribution >= 0.6 is 12.4 Å². The fourth-order valence-electron chi connectivity index (χ4n) is 2.36. The average molecular weight is 346 g/mol. The summed E-state index contributed by atoms with van der Waals surface area (Å²) in [7, 11) is 2.85. The van der Waals surface area contributed by atoms with E-state index in [1.807, 2.05) is 0 Å². The van der Waals surface area contributed by atoms with Gasteiger partial charge in [0, 0.05) is 33.2 Å². The monoisotopic (exact) mass is 345 g/mol. The van der Waals surface area contributed by atoms with Crippen LogP contribution in [0.2, 0.25) is 0 Å². The van der Waals surface area contributed by atoms with Crippen molar-refractivity contribution in [3.8, 4) is 5.75 Å². The lowest BCUT2D eigenvalue weighted by Crippen LogP contribution is -2.49. The molecule has 2 rings (SSSR count). The molecule has 1 aliphatic rings. The first-order valence-electron chi connectivity index (χ1n) is 7.11. The van der Waals surface area contributed by atoms with E-state index in [2.05, 4.69) is 5.32 Å². The Kier molecular flexibility index (Phi) is 7.25. The average Bonchev–Trinajstić information content (AvgIpc) is 2.54. The van der Waals surface area contributed by atoms with E-state index in [4.69, 9.17) is 4.74 Å². The maximum absolute atomic E-state index is 13.9. The summed E-state index contributed by atoms with van der Waals surface area (Å²) in [5.74, 6) is -1.22. The highest BCUT2D eigenvalue weighted by atomic mass is 35.5. The second kappa shape index (κ2) is 8.69. The zero-order valence-corrected chi connectivity index (χ0v) is 14.0. The molecule has 0 aromatic heterocycles. The van der Waals surface area contributed by atoms with E-state index in [0.717, 1.165) is 13.1 Å². The SMILES string of the molecule is COc1cccc(F)c1C(=O)N(C)CC(=O)N1CCNCC1.Cl. The van der Waals surface area contributed by atoms with Gasteiger partial charge in [0.1, 0.15) is 17.1 Å². The van der Waals surface area contributed by atoms with E-state index in [1.54, 1.807) is 4.90 Å². The number of hydrogen-bond donors (Lipinski definition) is 1. The molecule has 0 bridgehead atoms. The van der Waals surface area contributed by atoms with Gasteiger partial charge in [0.15, 0.2) is 0 Å². The molecule has 1 saturated heterocycles. The number of piperazine rings is 1. The van der Waals surface area contributed by atoms with Crippen molar-refractivity contribution in [1.82, 2.24) is 15.1 Å². The molecule has 1 aromatic rings. The summed E-state index contributed by atoms with van der Waals surface area (Å²) >= 11 is 0. The Hall–Kier alpha value is -1.86. The van der Waals surface area contributed by atoms with Crippen LogP contribution in [-0.2, 0) is 4.79 Å². The summed E-state index contributed by atoms with van der Waals surface area (Å²) in [6, 6.07) is 4.18. The van der Waals surface area contributed by atoms with Crippen molar-refractivity contribution >= 4 is 24.2 Å². The molecule has 1 heterocycles. The van der Waals surface area contributed by atoms with E-state index in [9.17, 15) is 14.0 Å². The largest absolute Gasteiger partial charge is 0.496 e. The zero-order valence-electron chi connectivity index (χ0n) is 13.2.